The lowest BCUT2D eigenvalue weighted by atomic mass is 10.1. The summed E-state index contributed by atoms with van der Waals surface area (Å²) >= 11 is 1.14. The van der Waals surface area contributed by atoms with E-state index in [1.807, 2.05) is 19.1 Å². The third-order valence-electron chi connectivity index (χ3n) is 3.32. The van der Waals surface area contributed by atoms with Crippen LogP contribution in [0, 0.1) is 0 Å². The zero-order valence-corrected chi connectivity index (χ0v) is 13.5. The van der Waals surface area contributed by atoms with Crippen molar-refractivity contribution in [3.63, 3.8) is 0 Å². The minimum absolute atomic E-state index is 0.115. The maximum Gasteiger partial charge on any atom is 0.346 e. The van der Waals surface area contributed by atoms with E-state index in [1.165, 1.54) is 0 Å². The van der Waals surface area contributed by atoms with Crippen LogP contribution in [0.1, 0.15) is 41.4 Å². The van der Waals surface area contributed by atoms with Gasteiger partial charge in [-0.05, 0) is 17.9 Å². The van der Waals surface area contributed by atoms with Crippen LogP contribution in [0.5, 0.6) is 0 Å². The van der Waals surface area contributed by atoms with E-state index in [0.717, 1.165) is 34.3 Å². The highest BCUT2D eigenvalue weighted by molar-refractivity contribution is 7.90. The van der Waals surface area contributed by atoms with Crippen molar-refractivity contribution in [3.8, 4) is 0 Å². The lowest BCUT2D eigenvalue weighted by Crippen LogP contribution is -2.11. The smallest absolute Gasteiger partial charge is 0.346 e. The summed E-state index contributed by atoms with van der Waals surface area (Å²) in [7, 11) is -3.28. The van der Waals surface area contributed by atoms with E-state index >= 15 is 0 Å². The van der Waals surface area contributed by atoms with Gasteiger partial charge in [0.15, 0.2) is 9.84 Å². The average molecular weight is 326 g/mol. The van der Waals surface area contributed by atoms with Crippen molar-refractivity contribution in [1.82, 2.24) is 0 Å². The van der Waals surface area contributed by atoms with E-state index in [4.69, 9.17) is 0 Å². The third kappa shape index (κ3) is 3.83. The monoisotopic (exact) mass is 326 g/mol. The molecule has 0 atom stereocenters. The molecule has 0 amide bonds. The van der Waals surface area contributed by atoms with Crippen LogP contribution in [0.3, 0.4) is 0 Å². The largest absolute Gasteiger partial charge is 0.477 e. The maximum atomic E-state index is 12.2. The molecule has 0 aliphatic rings. The molecule has 0 saturated heterocycles. The average Bonchev–Trinajstić information content (AvgIpc) is 2.78. The molecular weight excluding hydrogens is 308 g/mol. The first-order valence-corrected chi connectivity index (χ1v) is 9.52. The number of thiophene rings is 1. The van der Waals surface area contributed by atoms with E-state index in [-0.39, 0.29) is 16.4 Å². The molecule has 6 heteroatoms. The Balaban J connectivity index is 2.36. The Hall–Kier alpha value is -1.40. The molecule has 0 bridgehead atoms. The molecular formula is C15H18O4S2. The lowest BCUT2D eigenvalue weighted by Gasteiger charge is -2.05. The molecule has 0 spiro atoms. The van der Waals surface area contributed by atoms with Crippen molar-refractivity contribution >= 4 is 37.2 Å². The van der Waals surface area contributed by atoms with Crippen molar-refractivity contribution in [1.29, 1.82) is 0 Å². The molecule has 0 aliphatic heterocycles. The Morgan fingerprint density at radius 1 is 1.24 bits per heavy atom. The Kier molecular flexibility index (Phi) is 5.00. The second-order valence-corrected chi connectivity index (χ2v) is 8.25. The van der Waals surface area contributed by atoms with Gasteiger partial charge in [0.25, 0.3) is 0 Å². The highest BCUT2D eigenvalue weighted by atomic mass is 32.2. The molecule has 0 radical (unpaired) electrons. The minimum Gasteiger partial charge on any atom is -0.477 e. The van der Waals surface area contributed by atoms with Crippen LogP contribution in [0.2, 0.25) is 0 Å². The maximum absolute atomic E-state index is 12.2. The van der Waals surface area contributed by atoms with Gasteiger partial charge >= 0.3 is 5.97 Å². The molecule has 0 unspecified atom stereocenters. The molecule has 114 valence electrons. The van der Waals surface area contributed by atoms with Gasteiger partial charge in [0.2, 0.25) is 0 Å². The summed E-state index contributed by atoms with van der Waals surface area (Å²) in [6, 6.07) is 7.23. The van der Waals surface area contributed by atoms with Gasteiger partial charge in [0, 0.05) is 10.3 Å². The summed E-state index contributed by atoms with van der Waals surface area (Å²) in [5.74, 6) is -1.14. The lowest BCUT2D eigenvalue weighted by molar-refractivity contribution is 0.0701. The number of rotatable bonds is 7. The number of carboxylic acids is 1. The first kappa shape index (κ1) is 16.0. The number of carbonyl (C=O) groups is 1. The van der Waals surface area contributed by atoms with Gasteiger partial charge in [0.1, 0.15) is 4.88 Å². The molecule has 1 aromatic heterocycles. The zero-order chi connectivity index (χ0) is 15.5. The van der Waals surface area contributed by atoms with Gasteiger partial charge in [-0.1, -0.05) is 38.0 Å². The topological polar surface area (TPSA) is 71.4 Å². The molecule has 2 aromatic rings. The van der Waals surface area contributed by atoms with Crippen molar-refractivity contribution in [3.05, 3.63) is 34.7 Å². The fourth-order valence-electron chi connectivity index (χ4n) is 2.28. The standard InChI is InChI=1S/C15H18O4S2/c1-2-3-6-9-21(18,19)10-12-11-7-4-5-8-13(11)20-14(12)15(16)17/h4-5,7-8H,2-3,6,9-10H2,1H3,(H,16,17). The quantitative estimate of drug-likeness (QED) is 0.787. The van der Waals surface area contributed by atoms with Gasteiger partial charge in [-0.25, -0.2) is 13.2 Å². The van der Waals surface area contributed by atoms with E-state index in [1.54, 1.807) is 12.1 Å². The summed E-state index contributed by atoms with van der Waals surface area (Å²) in [4.78, 5) is 11.5. The van der Waals surface area contributed by atoms with Gasteiger partial charge in [-0.15, -0.1) is 11.3 Å². The van der Waals surface area contributed by atoms with Gasteiger partial charge < -0.3 is 5.11 Å². The molecule has 21 heavy (non-hydrogen) atoms. The Labute approximate surface area is 128 Å². The summed E-state index contributed by atoms with van der Waals surface area (Å²) in [5, 5.41) is 10.0. The van der Waals surface area contributed by atoms with Crippen molar-refractivity contribution < 1.29 is 18.3 Å². The van der Waals surface area contributed by atoms with Gasteiger partial charge in [0.05, 0.1) is 11.5 Å². The third-order valence-corrected chi connectivity index (χ3v) is 6.16. The number of fused-ring (bicyclic) bond motifs is 1. The Bertz CT molecular complexity index is 744. The molecule has 0 saturated carbocycles. The van der Waals surface area contributed by atoms with Crippen molar-refractivity contribution in [2.75, 3.05) is 5.75 Å². The number of hydrogen-bond donors (Lipinski definition) is 1. The predicted molar refractivity (Wildman–Crippen MR) is 85.8 cm³/mol. The normalized spacial score (nSPS) is 11.9. The van der Waals surface area contributed by atoms with Crippen LogP contribution in [-0.2, 0) is 15.6 Å². The van der Waals surface area contributed by atoms with Crippen LogP contribution < -0.4 is 0 Å². The van der Waals surface area contributed by atoms with Crippen LogP contribution in [0.4, 0.5) is 0 Å². The molecule has 0 fully saturated rings. The molecule has 0 aliphatic carbocycles. The second-order valence-electron chi connectivity index (χ2n) is 5.01. The molecule has 2 rings (SSSR count). The Morgan fingerprint density at radius 3 is 2.62 bits per heavy atom. The minimum atomic E-state index is -3.28. The van der Waals surface area contributed by atoms with Crippen LogP contribution in [-0.4, -0.2) is 25.2 Å². The second kappa shape index (κ2) is 6.58. The fourth-order valence-corrected chi connectivity index (χ4v) is 4.96. The van der Waals surface area contributed by atoms with Crippen molar-refractivity contribution in [2.45, 2.75) is 31.9 Å². The highest BCUT2D eigenvalue weighted by Gasteiger charge is 2.22. The first-order valence-electron chi connectivity index (χ1n) is 6.88. The van der Waals surface area contributed by atoms with E-state index in [0.29, 0.717) is 12.0 Å². The van der Waals surface area contributed by atoms with E-state index < -0.39 is 15.8 Å². The number of unbranched alkanes of at least 4 members (excludes halogenated alkanes) is 2. The number of aromatic carboxylic acids is 1. The van der Waals surface area contributed by atoms with Crippen molar-refractivity contribution in [2.24, 2.45) is 0 Å². The molecule has 1 aromatic carbocycles. The number of benzene rings is 1. The molecule has 1 heterocycles. The first-order chi connectivity index (χ1) is 9.94. The van der Waals surface area contributed by atoms with Crippen LogP contribution in [0.15, 0.2) is 24.3 Å². The van der Waals surface area contributed by atoms with Gasteiger partial charge in [-0.2, -0.15) is 0 Å². The summed E-state index contributed by atoms with van der Waals surface area (Å²) in [6.07, 6.45) is 2.45. The predicted octanol–water partition coefficient (Wildman–Crippen LogP) is 3.70. The van der Waals surface area contributed by atoms with E-state index in [2.05, 4.69) is 0 Å². The number of sulfone groups is 1. The van der Waals surface area contributed by atoms with E-state index in [9.17, 15) is 18.3 Å². The number of hydrogen-bond acceptors (Lipinski definition) is 4. The Morgan fingerprint density at radius 2 is 1.95 bits per heavy atom. The van der Waals surface area contributed by atoms with Crippen LogP contribution >= 0.6 is 11.3 Å². The SMILES string of the molecule is CCCCCS(=O)(=O)Cc1c(C(=O)O)sc2ccccc12. The van der Waals surface area contributed by atoms with Crippen LogP contribution in [0.25, 0.3) is 10.1 Å². The zero-order valence-electron chi connectivity index (χ0n) is 11.8. The number of carboxylic acid groups (broad SMARTS) is 1. The summed E-state index contributed by atoms with van der Waals surface area (Å²) in [5.41, 5.74) is 0.430. The molecule has 1 N–H and O–H groups in total. The highest BCUT2D eigenvalue weighted by Crippen LogP contribution is 2.32. The molecule has 4 nitrogen and oxygen atoms in total. The van der Waals surface area contributed by atoms with Gasteiger partial charge in [-0.3, -0.25) is 0 Å². The summed E-state index contributed by atoms with van der Waals surface area (Å²) < 4.78 is 25.2. The summed E-state index contributed by atoms with van der Waals surface area (Å²) in [6.45, 7) is 2.02. The fraction of sp³-hybridized carbons (Fsp3) is 0.400.